The molecule has 0 unspecified atom stereocenters. The maximum absolute atomic E-state index is 12.5. The smallest absolute Gasteiger partial charge is 0.328 e. The lowest BCUT2D eigenvalue weighted by Crippen LogP contribution is -2.40. The number of aromatic nitrogens is 1. The Bertz CT molecular complexity index is 437. The van der Waals surface area contributed by atoms with Crippen LogP contribution in [0.25, 0.3) is 0 Å². The fraction of sp³-hybridized carbons (Fsp3) is 0.500. The van der Waals surface area contributed by atoms with E-state index in [2.05, 4.69) is 20.9 Å². The minimum atomic E-state index is -4.41. The zero-order valence-corrected chi connectivity index (χ0v) is 12.0. The number of amides is 1. The van der Waals surface area contributed by atoms with Crippen molar-refractivity contribution >= 4 is 21.8 Å². The number of carbonyl (C=O) groups excluding carboxylic acids is 1. The number of halogens is 4. The number of hydrogen-bond acceptors (Lipinski definition) is 2. The lowest BCUT2D eigenvalue weighted by Gasteiger charge is -2.23. The van der Waals surface area contributed by atoms with E-state index in [9.17, 15) is 18.0 Å². The Labute approximate surface area is 117 Å². The number of unbranched alkanes of at least 4 members (excludes halogenated alkanes) is 1. The summed E-state index contributed by atoms with van der Waals surface area (Å²) in [5, 5.41) is 0. The molecule has 19 heavy (non-hydrogen) atoms. The van der Waals surface area contributed by atoms with E-state index in [1.165, 1.54) is 6.07 Å². The Morgan fingerprint density at radius 2 is 2.11 bits per heavy atom. The topological polar surface area (TPSA) is 33.2 Å². The van der Waals surface area contributed by atoms with Gasteiger partial charge in [-0.05, 0) is 34.5 Å². The molecule has 1 rings (SSSR count). The monoisotopic (exact) mass is 338 g/mol. The molecule has 0 aliphatic heterocycles. The largest absolute Gasteiger partial charge is 0.406 e. The Kier molecular flexibility index (Phi) is 5.78. The van der Waals surface area contributed by atoms with Gasteiger partial charge in [0.2, 0.25) is 0 Å². The molecular weight excluding hydrogens is 325 g/mol. The van der Waals surface area contributed by atoms with Crippen LogP contribution in [0.5, 0.6) is 0 Å². The summed E-state index contributed by atoms with van der Waals surface area (Å²) < 4.78 is 37.8. The highest BCUT2D eigenvalue weighted by molar-refractivity contribution is 9.10. The van der Waals surface area contributed by atoms with Crippen molar-refractivity contribution in [2.45, 2.75) is 25.9 Å². The van der Waals surface area contributed by atoms with E-state index in [1.54, 1.807) is 12.1 Å². The molecule has 0 N–H and O–H groups in total. The highest BCUT2D eigenvalue weighted by Crippen LogP contribution is 2.18. The highest BCUT2D eigenvalue weighted by atomic mass is 79.9. The van der Waals surface area contributed by atoms with Gasteiger partial charge < -0.3 is 4.90 Å². The maximum atomic E-state index is 12.5. The molecule has 0 radical (unpaired) electrons. The van der Waals surface area contributed by atoms with Gasteiger partial charge in [0.15, 0.2) is 0 Å². The van der Waals surface area contributed by atoms with Crippen LogP contribution in [0.3, 0.4) is 0 Å². The van der Waals surface area contributed by atoms with Crippen molar-refractivity contribution in [2.24, 2.45) is 0 Å². The molecule has 0 aromatic carbocycles. The van der Waals surface area contributed by atoms with Crippen LogP contribution in [0.2, 0.25) is 0 Å². The van der Waals surface area contributed by atoms with Crippen molar-refractivity contribution in [3.63, 3.8) is 0 Å². The van der Waals surface area contributed by atoms with Gasteiger partial charge in [-0.15, -0.1) is 0 Å². The van der Waals surface area contributed by atoms with Crippen molar-refractivity contribution < 1.29 is 18.0 Å². The number of rotatable bonds is 5. The molecule has 1 amide bonds. The lowest BCUT2D eigenvalue weighted by atomic mass is 10.2. The van der Waals surface area contributed by atoms with Gasteiger partial charge in [0.1, 0.15) is 16.8 Å². The summed E-state index contributed by atoms with van der Waals surface area (Å²) in [6.45, 7) is 0.677. The van der Waals surface area contributed by atoms with Crippen LogP contribution in [0.1, 0.15) is 30.3 Å². The van der Waals surface area contributed by atoms with Crippen molar-refractivity contribution in [3.05, 3.63) is 28.5 Å². The second-order valence-corrected chi connectivity index (χ2v) is 4.85. The second-order valence-electron chi connectivity index (χ2n) is 4.04. The number of alkyl halides is 3. The molecule has 3 nitrogen and oxygen atoms in total. The average Bonchev–Trinajstić information content (AvgIpc) is 2.32. The normalized spacial score (nSPS) is 11.4. The van der Waals surface area contributed by atoms with Gasteiger partial charge in [0.05, 0.1) is 0 Å². The molecule has 106 valence electrons. The van der Waals surface area contributed by atoms with Gasteiger partial charge in [-0.1, -0.05) is 19.4 Å². The van der Waals surface area contributed by atoms with Crippen LogP contribution in [0.4, 0.5) is 13.2 Å². The summed E-state index contributed by atoms with van der Waals surface area (Å²) in [6.07, 6.45) is -3.17. The SMILES string of the molecule is CCCCN(CC(F)(F)F)C(=O)c1cccc(Br)n1. The third-order valence-corrected chi connectivity index (χ3v) is 2.81. The first-order valence-electron chi connectivity index (χ1n) is 5.82. The zero-order valence-electron chi connectivity index (χ0n) is 10.4. The van der Waals surface area contributed by atoms with E-state index in [1.807, 2.05) is 6.92 Å². The Morgan fingerprint density at radius 1 is 1.42 bits per heavy atom. The standard InChI is InChI=1S/C12H14BrF3N2O/c1-2-3-7-18(8-12(14,15)16)11(19)9-5-4-6-10(13)17-9/h4-6H,2-3,7-8H2,1H3. The summed E-state index contributed by atoms with van der Waals surface area (Å²) >= 11 is 3.09. The van der Waals surface area contributed by atoms with E-state index in [0.717, 1.165) is 4.90 Å². The predicted octanol–water partition coefficient (Wildman–Crippen LogP) is 3.65. The third kappa shape index (κ3) is 5.59. The highest BCUT2D eigenvalue weighted by Gasteiger charge is 2.33. The first kappa shape index (κ1) is 15.9. The Hall–Kier alpha value is -1.11. The number of carbonyl (C=O) groups is 1. The van der Waals surface area contributed by atoms with Gasteiger partial charge in [0, 0.05) is 6.54 Å². The molecule has 1 heterocycles. The molecule has 0 saturated carbocycles. The first-order valence-corrected chi connectivity index (χ1v) is 6.61. The molecular formula is C12H14BrF3N2O. The third-order valence-electron chi connectivity index (χ3n) is 2.37. The van der Waals surface area contributed by atoms with Gasteiger partial charge in [-0.2, -0.15) is 13.2 Å². The molecule has 7 heteroatoms. The fourth-order valence-electron chi connectivity index (χ4n) is 1.51. The second kappa shape index (κ2) is 6.88. The summed E-state index contributed by atoms with van der Waals surface area (Å²) in [5.41, 5.74) is 0.00901. The number of nitrogens with zero attached hydrogens (tertiary/aromatic N) is 2. The molecule has 0 aliphatic rings. The quantitative estimate of drug-likeness (QED) is 0.768. The minimum absolute atomic E-state index is 0.00901. The van der Waals surface area contributed by atoms with Crippen LogP contribution in [0, 0.1) is 0 Å². The molecule has 0 bridgehead atoms. The van der Waals surface area contributed by atoms with Crippen LogP contribution in [-0.2, 0) is 0 Å². The lowest BCUT2D eigenvalue weighted by molar-refractivity contribution is -0.140. The Balaban J connectivity index is 2.87. The fourth-order valence-corrected chi connectivity index (χ4v) is 1.85. The summed E-state index contributed by atoms with van der Waals surface area (Å²) in [7, 11) is 0. The molecule has 0 saturated heterocycles. The van der Waals surface area contributed by atoms with Crippen molar-refractivity contribution in [2.75, 3.05) is 13.1 Å². The van der Waals surface area contributed by atoms with Crippen LogP contribution in [-0.4, -0.2) is 35.1 Å². The van der Waals surface area contributed by atoms with Crippen molar-refractivity contribution in [1.29, 1.82) is 0 Å². The van der Waals surface area contributed by atoms with Gasteiger partial charge >= 0.3 is 6.18 Å². The van der Waals surface area contributed by atoms with E-state index in [-0.39, 0.29) is 12.2 Å². The van der Waals surface area contributed by atoms with Crippen molar-refractivity contribution in [3.8, 4) is 0 Å². The average molecular weight is 339 g/mol. The Morgan fingerprint density at radius 3 is 2.63 bits per heavy atom. The molecule has 0 aliphatic carbocycles. The van der Waals surface area contributed by atoms with E-state index in [0.29, 0.717) is 17.4 Å². The van der Waals surface area contributed by atoms with Crippen LogP contribution < -0.4 is 0 Å². The first-order chi connectivity index (χ1) is 8.83. The predicted molar refractivity (Wildman–Crippen MR) is 68.8 cm³/mol. The number of pyridine rings is 1. The summed E-state index contributed by atoms with van der Waals surface area (Å²) in [6, 6.07) is 4.58. The van der Waals surface area contributed by atoms with Gasteiger partial charge in [-0.25, -0.2) is 4.98 Å². The molecule has 0 atom stereocenters. The number of hydrogen-bond donors (Lipinski definition) is 0. The summed E-state index contributed by atoms with van der Waals surface area (Å²) in [4.78, 5) is 16.7. The van der Waals surface area contributed by atoms with E-state index < -0.39 is 18.6 Å². The maximum Gasteiger partial charge on any atom is 0.406 e. The molecule has 1 aromatic heterocycles. The van der Waals surface area contributed by atoms with Gasteiger partial charge in [-0.3, -0.25) is 4.79 Å². The summed E-state index contributed by atoms with van der Waals surface area (Å²) in [5.74, 6) is -0.702. The van der Waals surface area contributed by atoms with E-state index in [4.69, 9.17) is 0 Å². The molecule has 1 aromatic rings. The van der Waals surface area contributed by atoms with Crippen LogP contribution in [0.15, 0.2) is 22.8 Å². The molecule has 0 fully saturated rings. The van der Waals surface area contributed by atoms with Crippen LogP contribution >= 0.6 is 15.9 Å². The molecule has 0 spiro atoms. The zero-order chi connectivity index (χ0) is 14.5. The van der Waals surface area contributed by atoms with E-state index >= 15 is 0 Å². The van der Waals surface area contributed by atoms with Gasteiger partial charge in [0.25, 0.3) is 5.91 Å². The minimum Gasteiger partial charge on any atom is -0.328 e. The van der Waals surface area contributed by atoms with Crippen molar-refractivity contribution in [1.82, 2.24) is 9.88 Å².